The number of carbonyl (C=O) groups is 1. The minimum Gasteiger partial charge on any atom is -0.339 e. The smallest absolute Gasteiger partial charge is 0.321 e. The predicted octanol–water partition coefficient (Wildman–Crippen LogP) is 3.63. The van der Waals surface area contributed by atoms with Crippen molar-refractivity contribution in [1.29, 1.82) is 0 Å². The van der Waals surface area contributed by atoms with Crippen molar-refractivity contribution in [3.63, 3.8) is 0 Å². The normalized spacial score (nSPS) is 18.0. The quantitative estimate of drug-likeness (QED) is 0.939. The van der Waals surface area contributed by atoms with Crippen LogP contribution in [-0.2, 0) is 0 Å². The highest BCUT2D eigenvalue weighted by Crippen LogP contribution is 2.36. The van der Waals surface area contributed by atoms with Gasteiger partial charge in [-0.25, -0.2) is 4.79 Å². The number of anilines is 1. The van der Waals surface area contributed by atoms with Crippen molar-refractivity contribution in [1.82, 2.24) is 15.0 Å². The van der Waals surface area contributed by atoms with Gasteiger partial charge in [-0.15, -0.1) is 0 Å². The van der Waals surface area contributed by atoms with Crippen molar-refractivity contribution in [2.75, 3.05) is 18.4 Å². The number of hydrogen-bond acceptors (Lipinski definition) is 4. The second-order valence-electron chi connectivity index (χ2n) is 6.29. The summed E-state index contributed by atoms with van der Waals surface area (Å²) in [6.45, 7) is 1.69. The summed E-state index contributed by atoms with van der Waals surface area (Å²) in [7, 11) is 0. The van der Waals surface area contributed by atoms with Gasteiger partial charge in [0.1, 0.15) is 0 Å². The van der Waals surface area contributed by atoms with E-state index < -0.39 is 0 Å². The standard InChI is InChI=1S/C17H20N4O2/c22-17(21-10-1-2-11-21)18-14-8-6-12(7-9-14)15-19-16(23-20-15)13-4-3-5-13/h6-9,13H,1-5,10-11H2,(H,18,22). The summed E-state index contributed by atoms with van der Waals surface area (Å²) < 4.78 is 5.35. The number of likely N-dealkylation sites (tertiary alicyclic amines) is 1. The number of aromatic nitrogens is 2. The average molecular weight is 312 g/mol. The molecular formula is C17H20N4O2. The van der Waals surface area contributed by atoms with Gasteiger partial charge in [0.25, 0.3) is 0 Å². The van der Waals surface area contributed by atoms with E-state index in [2.05, 4.69) is 15.5 Å². The van der Waals surface area contributed by atoms with Crippen LogP contribution >= 0.6 is 0 Å². The van der Waals surface area contributed by atoms with E-state index in [1.165, 1.54) is 6.42 Å². The minimum absolute atomic E-state index is 0.0259. The average Bonchev–Trinajstić information content (AvgIpc) is 3.18. The first-order valence-electron chi connectivity index (χ1n) is 8.29. The maximum absolute atomic E-state index is 12.1. The zero-order chi connectivity index (χ0) is 15.6. The van der Waals surface area contributed by atoms with E-state index in [1.54, 1.807) is 0 Å². The molecule has 2 fully saturated rings. The highest BCUT2D eigenvalue weighted by Gasteiger charge is 2.25. The molecular weight excluding hydrogens is 292 g/mol. The molecule has 1 aromatic heterocycles. The molecule has 1 N–H and O–H groups in total. The molecule has 1 aliphatic carbocycles. The van der Waals surface area contributed by atoms with Gasteiger partial charge in [-0.2, -0.15) is 4.98 Å². The highest BCUT2D eigenvalue weighted by atomic mass is 16.5. The molecule has 0 bridgehead atoms. The van der Waals surface area contributed by atoms with Gasteiger partial charge < -0.3 is 14.7 Å². The van der Waals surface area contributed by atoms with Crippen LogP contribution < -0.4 is 5.32 Å². The Morgan fingerprint density at radius 3 is 2.52 bits per heavy atom. The summed E-state index contributed by atoms with van der Waals surface area (Å²) in [6, 6.07) is 7.55. The van der Waals surface area contributed by atoms with E-state index in [0.717, 1.165) is 55.9 Å². The molecule has 2 aromatic rings. The van der Waals surface area contributed by atoms with Crippen LogP contribution in [0.3, 0.4) is 0 Å². The van der Waals surface area contributed by atoms with Gasteiger partial charge in [-0.05, 0) is 49.9 Å². The molecule has 6 nitrogen and oxygen atoms in total. The minimum atomic E-state index is -0.0259. The van der Waals surface area contributed by atoms with E-state index in [1.807, 2.05) is 29.2 Å². The van der Waals surface area contributed by atoms with E-state index in [4.69, 9.17) is 4.52 Å². The van der Waals surface area contributed by atoms with Gasteiger partial charge in [0, 0.05) is 30.3 Å². The number of carbonyl (C=O) groups excluding carboxylic acids is 1. The van der Waals surface area contributed by atoms with Gasteiger partial charge >= 0.3 is 6.03 Å². The second-order valence-corrected chi connectivity index (χ2v) is 6.29. The number of urea groups is 1. The van der Waals surface area contributed by atoms with Crippen LogP contribution in [0.2, 0.25) is 0 Å². The SMILES string of the molecule is O=C(Nc1ccc(-c2noc(C3CCC3)n2)cc1)N1CCCC1. The zero-order valence-corrected chi connectivity index (χ0v) is 13.0. The number of nitrogens with one attached hydrogen (secondary N) is 1. The number of amides is 2. The third-order valence-corrected chi connectivity index (χ3v) is 4.68. The van der Waals surface area contributed by atoms with E-state index in [0.29, 0.717) is 11.7 Å². The summed E-state index contributed by atoms with van der Waals surface area (Å²) in [5.74, 6) is 1.80. The van der Waals surface area contributed by atoms with Crippen LogP contribution in [0.15, 0.2) is 28.8 Å². The Morgan fingerprint density at radius 1 is 1.13 bits per heavy atom. The van der Waals surface area contributed by atoms with Gasteiger partial charge in [0.15, 0.2) is 0 Å². The fraction of sp³-hybridized carbons (Fsp3) is 0.471. The number of benzene rings is 1. The van der Waals surface area contributed by atoms with Crippen LogP contribution in [0.25, 0.3) is 11.4 Å². The summed E-state index contributed by atoms with van der Waals surface area (Å²) in [6.07, 6.45) is 5.71. The Kier molecular flexibility index (Phi) is 3.73. The topological polar surface area (TPSA) is 71.3 Å². The van der Waals surface area contributed by atoms with Gasteiger partial charge in [0.05, 0.1) is 0 Å². The van der Waals surface area contributed by atoms with Crippen molar-refractivity contribution in [3.05, 3.63) is 30.2 Å². The zero-order valence-electron chi connectivity index (χ0n) is 13.0. The molecule has 1 saturated heterocycles. The maximum Gasteiger partial charge on any atom is 0.321 e. The predicted molar refractivity (Wildman–Crippen MR) is 86.2 cm³/mol. The molecule has 23 heavy (non-hydrogen) atoms. The lowest BCUT2D eigenvalue weighted by molar-refractivity contribution is 0.222. The first-order chi connectivity index (χ1) is 11.3. The van der Waals surface area contributed by atoms with Gasteiger partial charge in [0.2, 0.25) is 11.7 Å². The van der Waals surface area contributed by atoms with Gasteiger partial charge in [-0.3, -0.25) is 0 Å². The third kappa shape index (κ3) is 2.93. The molecule has 0 unspecified atom stereocenters. The molecule has 1 aromatic carbocycles. The Labute approximate surface area is 134 Å². The summed E-state index contributed by atoms with van der Waals surface area (Å²) in [4.78, 5) is 18.4. The van der Waals surface area contributed by atoms with Crippen LogP contribution in [0.4, 0.5) is 10.5 Å². The Morgan fingerprint density at radius 2 is 1.87 bits per heavy atom. The first-order valence-corrected chi connectivity index (χ1v) is 8.29. The van der Waals surface area contributed by atoms with E-state index >= 15 is 0 Å². The molecule has 2 amide bonds. The molecule has 0 atom stereocenters. The fourth-order valence-electron chi connectivity index (χ4n) is 3.00. The molecule has 4 rings (SSSR count). The summed E-state index contributed by atoms with van der Waals surface area (Å²) in [5.41, 5.74) is 1.69. The molecule has 1 aliphatic heterocycles. The van der Waals surface area contributed by atoms with E-state index in [-0.39, 0.29) is 6.03 Å². The van der Waals surface area contributed by atoms with E-state index in [9.17, 15) is 4.79 Å². The van der Waals surface area contributed by atoms with Crippen LogP contribution in [-0.4, -0.2) is 34.2 Å². The molecule has 1 saturated carbocycles. The lowest BCUT2D eigenvalue weighted by atomic mass is 9.85. The van der Waals surface area contributed by atoms with Crippen molar-refractivity contribution in [2.45, 2.75) is 38.0 Å². The van der Waals surface area contributed by atoms with Crippen molar-refractivity contribution in [3.8, 4) is 11.4 Å². The number of rotatable bonds is 3. The Hall–Kier alpha value is -2.37. The monoisotopic (exact) mass is 312 g/mol. The highest BCUT2D eigenvalue weighted by molar-refractivity contribution is 5.89. The molecule has 6 heteroatoms. The van der Waals surface area contributed by atoms with Crippen molar-refractivity contribution >= 4 is 11.7 Å². The first kappa shape index (κ1) is 14.2. The molecule has 0 spiro atoms. The Bertz CT molecular complexity index is 685. The van der Waals surface area contributed by atoms with Crippen LogP contribution in [0.5, 0.6) is 0 Å². The van der Waals surface area contributed by atoms with Gasteiger partial charge in [-0.1, -0.05) is 11.6 Å². The second kappa shape index (κ2) is 6.02. The van der Waals surface area contributed by atoms with Crippen molar-refractivity contribution in [2.24, 2.45) is 0 Å². The summed E-state index contributed by atoms with van der Waals surface area (Å²) in [5, 5.41) is 6.99. The fourth-order valence-corrected chi connectivity index (χ4v) is 3.00. The molecule has 2 aliphatic rings. The lowest BCUT2D eigenvalue weighted by Gasteiger charge is -2.20. The largest absolute Gasteiger partial charge is 0.339 e. The van der Waals surface area contributed by atoms with Crippen LogP contribution in [0.1, 0.15) is 43.9 Å². The molecule has 120 valence electrons. The lowest BCUT2D eigenvalue weighted by Crippen LogP contribution is -2.32. The molecule has 2 heterocycles. The maximum atomic E-state index is 12.1. The summed E-state index contributed by atoms with van der Waals surface area (Å²) >= 11 is 0. The number of hydrogen-bond donors (Lipinski definition) is 1. The molecule has 0 radical (unpaired) electrons. The van der Waals surface area contributed by atoms with Crippen LogP contribution in [0, 0.1) is 0 Å². The van der Waals surface area contributed by atoms with Crippen molar-refractivity contribution < 1.29 is 9.32 Å². The Balaban J connectivity index is 1.42. The third-order valence-electron chi connectivity index (χ3n) is 4.68. The number of nitrogens with zero attached hydrogens (tertiary/aromatic N) is 3.